The standard InChI is InChI=1S/C8H11N/c1-7-3-2-4-8(5-7)6-9/h2-5H,6,9H2,1H3/i6D2. The van der Waals surface area contributed by atoms with Crippen LogP contribution in [-0.2, 0) is 6.50 Å². The molecule has 1 nitrogen and oxygen atoms in total. The molecule has 0 unspecified atom stereocenters. The predicted octanol–water partition coefficient (Wildman–Crippen LogP) is 1.45. The van der Waals surface area contributed by atoms with Crippen molar-refractivity contribution in [1.29, 1.82) is 0 Å². The van der Waals surface area contributed by atoms with Crippen molar-refractivity contribution in [2.75, 3.05) is 0 Å². The summed E-state index contributed by atoms with van der Waals surface area (Å²) < 4.78 is 14.4. The highest BCUT2D eigenvalue weighted by atomic mass is 14.5. The first kappa shape index (κ1) is 4.07. The summed E-state index contributed by atoms with van der Waals surface area (Å²) in [6.45, 7) is 0.196. The van der Waals surface area contributed by atoms with E-state index in [1.807, 2.05) is 13.0 Å². The van der Waals surface area contributed by atoms with Gasteiger partial charge in [0, 0.05) is 9.24 Å². The average molecular weight is 123 g/mol. The normalized spacial score (nSPS) is 14.4. The molecule has 1 aromatic carbocycles. The maximum Gasteiger partial charge on any atom is 0.0477 e. The van der Waals surface area contributed by atoms with E-state index in [9.17, 15) is 0 Å². The fourth-order valence-corrected chi connectivity index (χ4v) is 0.735. The zero-order valence-corrected chi connectivity index (χ0v) is 5.39. The maximum absolute atomic E-state index is 7.21. The van der Waals surface area contributed by atoms with E-state index in [4.69, 9.17) is 8.48 Å². The molecule has 1 aromatic rings. The van der Waals surface area contributed by atoms with Crippen LogP contribution in [0.1, 0.15) is 13.9 Å². The third kappa shape index (κ3) is 1.54. The number of hydrogen-bond acceptors (Lipinski definition) is 1. The number of nitrogens with two attached hydrogens (primary N) is 1. The molecule has 0 fully saturated rings. The van der Waals surface area contributed by atoms with Gasteiger partial charge in [-0.1, -0.05) is 29.8 Å². The molecule has 0 aliphatic carbocycles. The molecule has 0 saturated carbocycles. The first-order valence-corrected chi connectivity index (χ1v) is 2.86. The second-order valence-corrected chi connectivity index (χ2v) is 2.01. The Balaban J connectivity index is 3.06. The number of hydrogen-bond donors (Lipinski definition) is 1. The monoisotopic (exact) mass is 123 g/mol. The van der Waals surface area contributed by atoms with E-state index in [0.29, 0.717) is 5.56 Å². The Morgan fingerprint density at radius 1 is 1.67 bits per heavy atom. The Hall–Kier alpha value is -0.820. The van der Waals surface area contributed by atoms with Gasteiger partial charge >= 0.3 is 0 Å². The van der Waals surface area contributed by atoms with E-state index in [0.717, 1.165) is 5.56 Å². The lowest BCUT2D eigenvalue weighted by Gasteiger charge is -1.95. The zero-order chi connectivity index (χ0) is 8.48. The maximum atomic E-state index is 7.21. The van der Waals surface area contributed by atoms with Gasteiger partial charge in [-0.15, -0.1) is 0 Å². The van der Waals surface area contributed by atoms with E-state index in [-0.39, 0.29) is 0 Å². The number of benzene rings is 1. The second kappa shape index (κ2) is 2.65. The molecule has 0 aliphatic heterocycles. The summed E-state index contributed by atoms with van der Waals surface area (Å²) in [5.41, 5.74) is 6.81. The molecule has 0 saturated heterocycles. The van der Waals surface area contributed by atoms with Crippen molar-refractivity contribution >= 4 is 0 Å². The van der Waals surface area contributed by atoms with E-state index in [2.05, 4.69) is 0 Å². The molecule has 1 rings (SSSR count). The Morgan fingerprint density at radius 2 is 2.44 bits per heavy atom. The first-order chi connectivity index (χ1) is 5.00. The van der Waals surface area contributed by atoms with Crippen LogP contribution in [0.5, 0.6) is 0 Å². The van der Waals surface area contributed by atoms with Crippen LogP contribution in [0.3, 0.4) is 0 Å². The third-order valence-corrected chi connectivity index (χ3v) is 1.18. The summed E-state index contributed by atoms with van der Waals surface area (Å²) in [4.78, 5) is 0. The molecule has 0 heterocycles. The van der Waals surface area contributed by atoms with Crippen LogP contribution in [0.25, 0.3) is 0 Å². The molecule has 0 aromatic heterocycles. The summed E-state index contributed by atoms with van der Waals surface area (Å²) >= 11 is 0. The smallest absolute Gasteiger partial charge is 0.0477 e. The molecule has 0 atom stereocenters. The van der Waals surface area contributed by atoms with Crippen LogP contribution in [0.4, 0.5) is 0 Å². The molecule has 0 bridgehead atoms. The molecule has 9 heavy (non-hydrogen) atoms. The van der Waals surface area contributed by atoms with Crippen LogP contribution in [-0.4, -0.2) is 0 Å². The molecular weight excluding hydrogens is 110 g/mol. The molecule has 0 spiro atoms. The lowest BCUT2D eigenvalue weighted by Crippen LogP contribution is -1.95. The summed E-state index contributed by atoms with van der Waals surface area (Å²) in [6.07, 6.45) is 0. The fraction of sp³-hybridized carbons (Fsp3) is 0.250. The zero-order valence-electron chi connectivity index (χ0n) is 7.39. The van der Waals surface area contributed by atoms with Gasteiger partial charge < -0.3 is 5.73 Å². The Morgan fingerprint density at radius 3 is 2.89 bits per heavy atom. The van der Waals surface area contributed by atoms with Gasteiger partial charge in [0.15, 0.2) is 0 Å². The van der Waals surface area contributed by atoms with Gasteiger partial charge in [-0.2, -0.15) is 0 Å². The van der Waals surface area contributed by atoms with Crippen molar-refractivity contribution in [3.63, 3.8) is 0 Å². The second-order valence-electron chi connectivity index (χ2n) is 2.01. The van der Waals surface area contributed by atoms with Crippen LogP contribution in [0.15, 0.2) is 24.3 Å². The van der Waals surface area contributed by atoms with E-state index < -0.39 is 6.50 Å². The minimum absolute atomic E-state index is 0.525. The molecule has 2 N–H and O–H groups in total. The molecule has 48 valence electrons. The Labute approximate surface area is 58.3 Å². The van der Waals surface area contributed by atoms with Gasteiger partial charge in [0.05, 0.1) is 0 Å². The topological polar surface area (TPSA) is 26.0 Å². The average Bonchev–Trinajstić information content (AvgIpc) is 1.86. The van der Waals surface area contributed by atoms with Crippen molar-refractivity contribution in [2.45, 2.75) is 13.4 Å². The van der Waals surface area contributed by atoms with Gasteiger partial charge in [-0.05, 0) is 12.5 Å². The first-order valence-electron chi connectivity index (χ1n) is 3.86. The van der Waals surface area contributed by atoms with E-state index >= 15 is 0 Å². The molecule has 1 heteroatoms. The van der Waals surface area contributed by atoms with Crippen molar-refractivity contribution in [3.05, 3.63) is 35.4 Å². The quantitative estimate of drug-likeness (QED) is 0.601. The van der Waals surface area contributed by atoms with Crippen molar-refractivity contribution < 1.29 is 2.74 Å². The molecule has 0 amide bonds. The Bertz CT molecular complexity index is 253. The molecule has 0 radical (unpaired) electrons. The third-order valence-electron chi connectivity index (χ3n) is 1.18. The lowest BCUT2D eigenvalue weighted by molar-refractivity contribution is 1.07. The van der Waals surface area contributed by atoms with E-state index in [1.54, 1.807) is 18.2 Å². The lowest BCUT2D eigenvalue weighted by atomic mass is 10.1. The summed E-state index contributed by atoms with van der Waals surface area (Å²) in [5, 5.41) is 0. The van der Waals surface area contributed by atoms with Crippen LogP contribution in [0.2, 0.25) is 0 Å². The molecule has 0 aliphatic rings. The van der Waals surface area contributed by atoms with Gasteiger partial charge in [0.25, 0.3) is 0 Å². The largest absolute Gasteiger partial charge is 0.326 e. The number of aryl methyl sites for hydroxylation is 1. The van der Waals surface area contributed by atoms with Crippen molar-refractivity contribution in [2.24, 2.45) is 5.73 Å². The highest BCUT2D eigenvalue weighted by Gasteiger charge is 1.85. The summed E-state index contributed by atoms with van der Waals surface area (Å²) in [6, 6.07) is 7.15. The highest BCUT2D eigenvalue weighted by Crippen LogP contribution is 2.01. The summed E-state index contributed by atoms with van der Waals surface area (Å²) in [7, 11) is 0. The Kier molecular flexibility index (Phi) is 1.20. The van der Waals surface area contributed by atoms with Gasteiger partial charge in [0.1, 0.15) is 0 Å². The number of rotatable bonds is 1. The van der Waals surface area contributed by atoms with E-state index in [1.165, 1.54) is 0 Å². The minimum atomic E-state index is -1.72. The highest BCUT2D eigenvalue weighted by molar-refractivity contribution is 5.21. The van der Waals surface area contributed by atoms with Crippen molar-refractivity contribution in [3.8, 4) is 0 Å². The van der Waals surface area contributed by atoms with Crippen molar-refractivity contribution in [1.82, 2.24) is 0 Å². The minimum Gasteiger partial charge on any atom is -0.326 e. The van der Waals surface area contributed by atoms with Gasteiger partial charge in [-0.25, -0.2) is 0 Å². The van der Waals surface area contributed by atoms with Crippen LogP contribution >= 0.6 is 0 Å². The van der Waals surface area contributed by atoms with Gasteiger partial charge in [0.2, 0.25) is 0 Å². The summed E-state index contributed by atoms with van der Waals surface area (Å²) in [5.74, 6) is 0. The fourth-order valence-electron chi connectivity index (χ4n) is 0.735. The predicted molar refractivity (Wildman–Crippen MR) is 39.1 cm³/mol. The SMILES string of the molecule is [2H]C([2H])(N)c1cccc(C)c1. The van der Waals surface area contributed by atoms with Crippen LogP contribution < -0.4 is 5.73 Å². The van der Waals surface area contributed by atoms with Crippen LogP contribution in [0, 0.1) is 6.92 Å². The van der Waals surface area contributed by atoms with Gasteiger partial charge in [-0.3, -0.25) is 0 Å². The molecular formula is C8H11N.